The van der Waals surface area contributed by atoms with Crippen molar-refractivity contribution in [2.45, 2.75) is 25.4 Å². The number of fused-ring (bicyclic) bond motifs is 1. The second kappa shape index (κ2) is 4.85. The number of thiophene rings is 1. The van der Waals surface area contributed by atoms with Gasteiger partial charge in [-0.15, -0.1) is 11.3 Å². The van der Waals surface area contributed by atoms with E-state index in [-0.39, 0.29) is 17.7 Å². The number of benzene rings is 1. The Bertz CT molecular complexity index is 616. The molecule has 0 aliphatic heterocycles. The van der Waals surface area contributed by atoms with Crippen LogP contribution in [0.25, 0.3) is 10.1 Å². The summed E-state index contributed by atoms with van der Waals surface area (Å²) in [5.41, 5.74) is -0.671. The van der Waals surface area contributed by atoms with Crippen molar-refractivity contribution in [2.75, 3.05) is 0 Å². The molecule has 0 radical (unpaired) electrons. The number of rotatable bonds is 3. The fourth-order valence-electron chi connectivity index (χ4n) is 1.93. The summed E-state index contributed by atoms with van der Waals surface area (Å²) in [6.07, 6.45) is -4.48. The molecule has 102 valence electrons. The van der Waals surface area contributed by atoms with Gasteiger partial charge in [0.05, 0.1) is 12.0 Å². The van der Waals surface area contributed by atoms with Crippen LogP contribution < -0.4 is 0 Å². The molecule has 19 heavy (non-hydrogen) atoms. The van der Waals surface area contributed by atoms with E-state index in [4.69, 9.17) is 5.11 Å². The second-order valence-corrected chi connectivity index (χ2v) is 5.48. The van der Waals surface area contributed by atoms with Crippen LogP contribution >= 0.6 is 11.3 Å². The lowest BCUT2D eigenvalue weighted by molar-refractivity contribution is -0.137. The summed E-state index contributed by atoms with van der Waals surface area (Å²) < 4.78 is 39.1. The molecule has 2 aromatic rings. The van der Waals surface area contributed by atoms with E-state index in [0.29, 0.717) is 9.58 Å². The highest BCUT2D eigenvalue weighted by Gasteiger charge is 2.33. The highest BCUT2D eigenvalue weighted by Crippen LogP contribution is 2.40. The van der Waals surface area contributed by atoms with Crippen LogP contribution in [0.15, 0.2) is 24.3 Å². The summed E-state index contributed by atoms with van der Waals surface area (Å²) in [5.74, 6) is -1.25. The minimum Gasteiger partial charge on any atom is -0.481 e. The third-order valence-corrected chi connectivity index (χ3v) is 4.18. The van der Waals surface area contributed by atoms with E-state index in [1.165, 1.54) is 23.5 Å². The van der Waals surface area contributed by atoms with Crippen molar-refractivity contribution in [2.24, 2.45) is 0 Å². The van der Waals surface area contributed by atoms with Gasteiger partial charge in [-0.1, -0.05) is 13.0 Å². The first kappa shape index (κ1) is 13.9. The third-order valence-electron chi connectivity index (χ3n) is 2.85. The van der Waals surface area contributed by atoms with Crippen LogP contribution in [-0.4, -0.2) is 11.1 Å². The molecule has 0 saturated heterocycles. The fourth-order valence-corrected chi connectivity index (χ4v) is 3.07. The summed E-state index contributed by atoms with van der Waals surface area (Å²) in [5, 5.41) is 8.87. The van der Waals surface area contributed by atoms with Gasteiger partial charge in [-0.05, 0) is 18.2 Å². The summed E-state index contributed by atoms with van der Waals surface area (Å²) >= 11 is 1.21. The molecule has 0 aliphatic rings. The smallest absolute Gasteiger partial charge is 0.417 e. The number of aliphatic carboxylic acids is 1. The molecule has 0 aliphatic carbocycles. The standard InChI is InChI=1S/C13H11F3O2S/c1-7(5-12(17)18)11-6-8-9(13(14,15)16)3-2-4-10(8)19-11/h2-4,6-7H,5H2,1H3,(H,17,18). The van der Waals surface area contributed by atoms with Crippen LogP contribution in [0.3, 0.4) is 0 Å². The second-order valence-electron chi connectivity index (χ2n) is 4.36. The Morgan fingerprint density at radius 3 is 2.68 bits per heavy atom. The summed E-state index contributed by atoms with van der Waals surface area (Å²) in [6, 6.07) is 5.48. The number of hydrogen-bond donors (Lipinski definition) is 1. The van der Waals surface area contributed by atoms with E-state index in [0.717, 1.165) is 6.07 Å². The van der Waals surface area contributed by atoms with E-state index in [9.17, 15) is 18.0 Å². The Labute approximate surface area is 111 Å². The maximum Gasteiger partial charge on any atom is 0.417 e. The number of alkyl halides is 3. The maximum atomic E-state index is 12.8. The molecule has 2 nitrogen and oxygen atoms in total. The van der Waals surface area contributed by atoms with Crippen LogP contribution in [0.1, 0.15) is 29.7 Å². The summed E-state index contributed by atoms with van der Waals surface area (Å²) in [4.78, 5) is 11.3. The molecule has 1 aromatic heterocycles. The van der Waals surface area contributed by atoms with Gasteiger partial charge in [-0.25, -0.2) is 0 Å². The van der Waals surface area contributed by atoms with Gasteiger partial charge in [0.15, 0.2) is 0 Å². The molecule has 0 amide bonds. The molecule has 1 unspecified atom stereocenters. The van der Waals surface area contributed by atoms with Crippen molar-refractivity contribution in [3.63, 3.8) is 0 Å². The molecule has 1 atom stereocenters. The van der Waals surface area contributed by atoms with Crippen molar-refractivity contribution >= 4 is 27.4 Å². The van der Waals surface area contributed by atoms with Gasteiger partial charge in [-0.3, -0.25) is 4.79 Å². The largest absolute Gasteiger partial charge is 0.481 e. The first-order valence-corrected chi connectivity index (χ1v) is 6.42. The van der Waals surface area contributed by atoms with Crippen molar-refractivity contribution < 1.29 is 23.1 Å². The SMILES string of the molecule is CC(CC(=O)O)c1cc2c(C(F)(F)F)cccc2s1. The molecular formula is C13H11F3O2S. The van der Waals surface area contributed by atoms with Gasteiger partial charge in [-0.2, -0.15) is 13.2 Å². The van der Waals surface area contributed by atoms with Gasteiger partial charge >= 0.3 is 12.1 Å². The molecule has 1 heterocycles. The van der Waals surface area contributed by atoms with Crippen molar-refractivity contribution in [3.05, 3.63) is 34.7 Å². The molecule has 1 N–H and O–H groups in total. The highest BCUT2D eigenvalue weighted by atomic mass is 32.1. The fraction of sp³-hybridized carbons (Fsp3) is 0.308. The third kappa shape index (κ3) is 2.89. The molecule has 0 saturated carbocycles. The first-order valence-electron chi connectivity index (χ1n) is 5.60. The molecule has 0 spiro atoms. The minimum absolute atomic E-state index is 0.0891. The average Bonchev–Trinajstić information content (AvgIpc) is 2.69. The van der Waals surface area contributed by atoms with Gasteiger partial charge in [0.1, 0.15) is 0 Å². The number of hydrogen-bond acceptors (Lipinski definition) is 2. The Balaban J connectivity index is 2.49. The number of carbonyl (C=O) groups is 1. The monoisotopic (exact) mass is 288 g/mol. The number of halogens is 3. The maximum absolute atomic E-state index is 12.8. The molecule has 0 bridgehead atoms. The van der Waals surface area contributed by atoms with Gasteiger partial charge < -0.3 is 5.11 Å². The number of carboxylic acid groups (broad SMARTS) is 1. The topological polar surface area (TPSA) is 37.3 Å². The van der Waals surface area contributed by atoms with Crippen LogP contribution in [0.5, 0.6) is 0 Å². The molecule has 0 fully saturated rings. The minimum atomic E-state index is -4.39. The van der Waals surface area contributed by atoms with E-state index in [2.05, 4.69) is 0 Å². The van der Waals surface area contributed by atoms with Gasteiger partial charge in [0, 0.05) is 20.9 Å². The van der Waals surface area contributed by atoms with E-state index >= 15 is 0 Å². The summed E-state index contributed by atoms with van der Waals surface area (Å²) in [7, 11) is 0. The normalized spacial score (nSPS) is 13.7. The highest BCUT2D eigenvalue weighted by molar-refractivity contribution is 7.19. The zero-order valence-electron chi connectivity index (χ0n) is 9.99. The molecule has 2 rings (SSSR count). The molecular weight excluding hydrogens is 277 g/mol. The molecule has 6 heteroatoms. The van der Waals surface area contributed by atoms with E-state index in [1.807, 2.05) is 0 Å². The van der Waals surface area contributed by atoms with E-state index in [1.54, 1.807) is 13.0 Å². The Morgan fingerprint density at radius 2 is 2.11 bits per heavy atom. The van der Waals surface area contributed by atoms with E-state index < -0.39 is 17.7 Å². The van der Waals surface area contributed by atoms with Crippen molar-refractivity contribution in [3.8, 4) is 0 Å². The van der Waals surface area contributed by atoms with Gasteiger partial charge in [0.2, 0.25) is 0 Å². The predicted octanol–water partition coefficient (Wildman–Crippen LogP) is 4.50. The zero-order valence-corrected chi connectivity index (χ0v) is 10.8. The van der Waals surface area contributed by atoms with Gasteiger partial charge in [0.25, 0.3) is 0 Å². The predicted molar refractivity (Wildman–Crippen MR) is 67.5 cm³/mol. The zero-order chi connectivity index (χ0) is 14.2. The quantitative estimate of drug-likeness (QED) is 0.903. The Morgan fingerprint density at radius 1 is 1.42 bits per heavy atom. The van der Waals surface area contributed by atoms with Crippen molar-refractivity contribution in [1.82, 2.24) is 0 Å². The lowest BCUT2D eigenvalue weighted by atomic mass is 10.0. The lowest BCUT2D eigenvalue weighted by Gasteiger charge is -2.07. The molecule has 1 aromatic carbocycles. The van der Waals surface area contributed by atoms with Crippen LogP contribution in [0, 0.1) is 0 Å². The first-order chi connectivity index (χ1) is 8.79. The average molecular weight is 288 g/mol. The van der Waals surface area contributed by atoms with Crippen LogP contribution in [-0.2, 0) is 11.0 Å². The van der Waals surface area contributed by atoms with Crippen LogP contribution in [0.4, 0.5) is 13.2 Å². The van der Waals surface area contributed by atoms with Crippen LogP contribution in [0.2, 0.25) is 0 Å². The Hall–Kier alpha value is -1.56. The van der Waals surface area contributed by atoms with Crippen molar-refractivity contribution in [1.29, 1.82) is 0 Å². The number of carboxylic acids is 1. The Kier molecular flexibility index (Phi) is 3.54. The summed E-state index contributed by atoms with van der Waals surface area (Å²) in [6.45, 7) is 1.70. The lowest BCUT2D eigenvalue weighted by Crippen LogP contribution is -2.04.